The van der Waals surface area contributed by atoms with Crippen molar-refractivity contribution in [3.8, 4) is 11.5 Å². The Labute approximate surface area is 230 Å². The number of ether oxygens (including phenoxy) is 2. The van der Waals surface area contributed by atoms with E-state index in [9.17, 15) is 14.7 Å². The van der Waals surface area contributed by atoms with Crippen LogP contribution in [0.2, 0.25) is 0 Å². The molecule has 1 aliphatic rings. The topological polar surface area (TPSA) is 79.3 Å². The first-order valence-electron chi connectivity index (χ1n) is 13.2. The molecule has 1 N–H and O–H groups in total. The summed E-state index contributed by atoms with van der Waals surface area (Å²) >= 11 is 0. The van der Waals surface area contributed by atoms with Crippen LogP contribution in [0.3, 0.4) is 0 Å². The van der Waals surface area contributed by atoms with E-state index in [1.54, 1.807) is 17.0 Å². The SMILES string of the molecule is CCCOc1ccc(C(O)=C2C(=O)C(=O)N(CCN(C)C)C2c2ccc(OCc3ccccc3)cc2)c(C)c1. The minimum atomic E-state index is -0.719. The number of amides is 1. The Kier molecular flexibility index (Phi) is 9.04. The first-order chi connectivity index (χ1) is 18.8. The summed E-state index contributed by atoms with van der Waals surface area (Å²) in [5.74, 6) is -0.124. The highest BCUT2D eigenvalue weighted by Gasteiger charge is 2.46. The second-order valence-corrected chi connectivity index (χ2v) is 9.96. The average Bonchev–Trinajstić information content (AvgIpc) is 3.19. The number of likely N-dealkylation sites (N-methyl/N-ethyl adjacent to an activating group) is 1. The van der Waals surface area contributed by atoms with Gasteiger partial charge in [0.15, 0.2) is 0 Å². The number of benzene rings is 3. The monoisotopic (exact) mass is 528 g/mol. The zero-order valence-electron chi connectivity index (χ0n) is 23.0. The first kappa shape index (κ1) is 27.9. The summed E-state index contributed by atoms with van der Waals surface area (Å²) in [4.78, 5) is 30.0. The van der Waals surface area contributed by atoms with E-state index in [4.69, 9.17) is 9.47 Å². The van der Waals surface area contributed by atoms with Gasteiger partial charge >= 0.3 is 0 Å². The highest BCUT2D eigenvalue weighted by Crippen LogP contribution is 2.40. The number of hydrogen-bond donors (Lipinski definition) is 1. The molecular formula is C32H36N2O5. The van der Waals surface area contributed by atoms with Gasteiger partial charge in [-0.2, -0.15) is 0 Å². The van der Waals surface area contributed by atoms with Crippen LogP contribution in [0.5, 0.6) is 11.5 Å². The van der Waals surface area contributed by atoms with Gasteiger partial charge in [-0.15, -0.1) is 0 Å². The summed E-state index contributed by atoms with van der Waals surface area (Å²) in [6.07, 6.45) is 0.882. The fourth-order valence-electron chi connectivity index (χ4n) is 4.61. The Bertz CT molecular complexity index is 1330. The molecule has 1 heterocycles. The maximum atomic E-state index is 13.3. The van der Waals surface area contributed by atoms with Gasteiger partial charge in [0.25, 0.3) is 11.7 Å². The van der Waals surface area contributed by atoms with E-state index in [-0.39, 0.29) is 11.3 Å². The molecule has 1 unspecified atom stereocenters. The number of Topliss-reactive ketones (excluding diaryl/α,β-unsaturated/α-hetero) is 1. The molecule has 1 aliphatic heterocycles. The van der Waals surface area contributed by atoms with Crippen molar-refractivity contribution < 1.29 is 24.2 Å². The van der Waals surface area contributed by atoms with Crippen LogP contribution >= 0.6 is 0 Å². The van der Waals surface area contributed by atoms with Gasteiger partial charge in [0.1, 0.15) is 23.9 Å². The number of rotatable bonds is 11. The van der Waals surface area contributed by atoms with Crippen LogP contribution in [0.1, 0.15) is 41.6 Å². The zero-order valence-corrected chi connectivity index (χ0v) is 23.0. The Morgan fingerprint density at radius 1 is 0.949 bits per heavy atom. The van der Waals surface area contributed by atoms with Gasteiger partial charge in [0.2, 0.25) is 0 Å². The molecule has 1 atom stereocenters. The number of likely N-dealkylation sites (tertiary alicyclic amines) is 1. The number of hydrogen-bond acceptors (Lipinski definition) is 6. The number of nitrogens with zero attached hydrogens (tertiary/aromatic N) is 2. The first-order valence-corrected chi connectivity index (χ1v) is 13.2. The van der Waals surface area contributed by atoms with E-state index in [0.29, 0.717) is 43.4 Å². The Morgan fingerprint density at radius 3 is 2.28 bits per heavy atom. The van der Waals surface area contributed by atoms with Crippen molar-refractivity contribution >= 4 is 17.4 Å². The minimum absolute atomic E-state index is 0.0852. The lowest BCUT2D eigenvalue weighted by Crippen LogP contribution is -2.35. The minimum Gasteiger partial charge on any atom is -0.507 e. The lowest BCUT2D eigenvalue weighted by molar-refractivity contribution is -0.140. The van der Waals surface area contributed by atoms with Gasteiger partial charge in [-0.3, -0.25) is 9.59 Å². The second kappa shape index (κ2) is 12.6. The molecule has 0 aromatic heterocycles. The van der Waals surface area contributed by atoms with Crippen LogP contribution in [0.25, 0.3) is 5.76 Å². The molecule has 4 rings (SSSR count). The van der Waals surface area contributed by atoms with Crippen LogP contribution in [0, 0.1) is 6.92 Å². The molecule has 0 aliphatic carbocycles. The number of aliphatic hydroxyl groups excluding tert-OH is 1. The third-order valence-corrected chi connectivity index (χ3v) is 6.70. The van der Waals surface area contributed by atoms with Crippen molar-refractivity contribution in [2.45, 2.75) is 32.9 Å². The predicted octanol–water partition coefficient (Wildman–Crippen LogP) is 5.35. The third-order valence-electron chi connectivity index (χ3n) is 6.70. The van der Waals surface area contributed by atoms with Gasteiger partial charge in [-0.25, -0.2) is 0 Å². The van der Waals surface area contributed by atoms with Gasteiger partial charge in [-0.05, 0) is 74.5 Å². The van der Waals surface area contributed by atoms with E-state index in [2.05, 4.69) is 0 Å². The third kappa shape index (κ3) is 6.49. The summed E-state index contributed by atoms with van der Waals surface area (Å²) in [7, 11) is 3.83. The van der Waals surface area contributed by atoms with Crippen LogP contribution in [0.15, 0.2) is 78.4 Å². The largest absolute Gasteiger partial charge is 0.507 e. The second-order valence-electron chi connectivity index (χ2n) is 9.96. The molecule has 0 saturated carbocycles. The molecule has 1 amide bonds. The summed E-state index contributed by atoms with van der Waals surface area (Å²) in [5.41, 5.74) is 3.12. The lowest BCUT2D eigenvalue weighted by Gasteiger charge is -2.27. The summed E-state index contributed by atoms with van der Waals surface area (Å²) in [5, 5.41) is 11.5. The molecule has 3 aromatic carbocycles. The Hall–Kier alpha value is -4.10. The van der Waals surface area contributed by atoms with Crippen molar-refractivity contribution in [3.05, 3.63) is 101 Å². The molecule has 39 heavy (non-hydrogen) atoms. The van der Waals surface area contributed by atoms with Gasteiger partial charge in [0.05, 0.1) is 18.2 Å². The maximum absolute atomic E-state index is 13.3. The van der Waals surface area contributed by atoms with Crippen LogP contribution in [0.4, 0.5) is 0 Å². The van der Waals surface area contributed by atoms with Gasteiger partial charge in [0, 0.05) is 18.7 Å². The number of aliphatic hydroxyl groups is 1. The van der Waals surface area contributed by atoms with Crippen molar-refractivity contribution in [3.63, 3.8) is 0 Å². The molecule has 0 radical (unpaired) electrons. The summed E-state index contributed by atoms with van der Waals surface area (Å²) in [6.45, 7) is 5.82. The Balaban J connectivity index is 1.69. The molecule has 204 valence electrons. The number of carbonyl (C=O) groups excluding carboxylic acids is 2. The molecule has 7 heteroatoms. The van der Waals surface area contributed by atoms with E-state index >= 15 is 0 Å². The maximum Gasteiger partial charge on any atom is 0.295 e. The predicted molar refractivity (Wildman–Crippen MR) is 152 cm³/mol. The number of aryl methyl sites for hydroxylation is 1. The smallest absolute Gasteiger partial charge is 0.295 e. The quantitative estimate of drug-likeness (QED) is 0.205. The van der Waals surface area contributed by atoms with E-state index in [0.717, 1.165) is 23.1 Å². The molecule has 3 aromatic rings. The lowest BCUT2D eigenvalue weighted by atomic mass is 9.94. The number of ketones is 1. The van der Waals surface area contributed by atoms with Crippen molar-refractivity contribution in [2.24, 2.45) is 0 Å². The van der Waals surface area contributed by atoms with E-state index < -0.39 is 17.7 Å². The molecule has 1 saturated heterocycles. The average molecular weight is 529 g/mol. The fraction of sp³-hybridized carbons (Fsp3) is 0.312. The normalized spacial score (nSPS) is 16.6. The zero-order chi connectivity index (χ0) is 27.9. The van der Waals surface area contributed by atoms with Gasteiger partial charge in [-0.1, -0.05) is 49.4 Å². The highest BCUT2D eigenvalue weighted by molar-refractivity contribution is 6.46. The van der Waals surface area contributed by atoms with Crippen LogP contribution in [-0.2, 0) is 16.2 Å². The van der Waals surface area contributed by atoms with Crippen molar-refractivity contribution in [1.29, 1.82) is 0 Å². The molecule has 0 bridgehead atoms. The summed E-state index contributed by atoms with van der Waals surface area (Å²) in [6, 6.07) is 21.9. The van der Waals surface area contributed by atoms with Gasteiger partial charge < -0.3 is 24.4 Å². The standard InChI is InChI=1S/C32H36N2O5/c1-5-19-38-26-15-16-27(22(2)20-26)30(35)28-29(34(18-17-33(3)4)32(37)31(28)36)24-11-13-25(14-12-24)39-21-23-9-7-6-8-10-23/h6-16,20,29,35H,5,17-19,21H2,1-4H3. The molecule has 1 fully saturated rings. The summed E-state index contributed by atoms with van der Waals surface area (Å²) < 4.78 is 11.6. The number of carbonyl (C=O) groups is 2. The molecule has 0 spiro atoms. The van der Waals surface area contributed by atoms with E-state index in [1.807, 2.05) is 93.5 Å². The Morgan fingerprint density at radius 2 is 1.64 bits per heavy atom. The highest BCUT2D eigenvalue weighted by atomic mass is 16.5. The fourth-order valence-corrected chi connectivity index (χ4v) is 4.61. The molecular weight excluding hydrogens is 492 g/mol. The van der Waals surface area contributed by atoms with E-state index in [1.165, 1.54) is 0 Å². The van der Waals surface area contributed by atoms with Crippen molar-refractivity contribution in [1.82, 2.24) is 9.80 Å². The van der Waals surface area contributed by atoms with Crippen LogP contribution in [-0.4, -0.2) is 60.4 Å². The van der Waals surface area contributed by atoms with Crippen LogP contribution < -0.4 is 9.47 Å². The van der Waals surface area contributed by atoms with Crippen molar-refractivity contribution in [2.75, 3.05) is 33.8 Å². The molecule has 7 nitrogen and oxygen atoms in total.